The summed E-state index contributed by atoms with van der Waals surface area (Å²) in [5, 5.41) is 9.93. The Hall–Kier alpha value is -2.61. The topological polar surface area (TPSA) is 79.5 Å². The van der Waals surface area contributed by atoms with Crippen molar-refractivity contribution in [2.24, 2.45) is 0 Å². The zero-order valence-corrected chi connectivity index (χ0v) is 15.0. The summed E-state index contributed by atoms with van der Waals surface area (Å²) in [6.45, 7) is 1.63. The third kappa shape index (κ3) is 3.90. The van der Waals surface area contributed by atoms with Crippen molar-refractivity contribution in [2.45, 2.75) is 38.3 Å². The van der Waals surface area contributed by atoms with Gasteiger partial charge in [-0.05, 0) is 49.4 Å². The summed E-state index contributed by atoms with van der Waals surface area (Å²) >= 11 is 0. The molecule has 0 spiro atoms. The molecule has 1 saturated heterocycles. The highest BCUT2D eigenvalue weighted by molar-refractivity contribution is 5.74. The zero-order chi connectivity index (χ0) is 18.6. The maximum Gasteiger partial charge on any atom is 0.317 e. The number of rotatable bonds is 4. The fourth-order valence-corrected chi connectivity index (χ4v) is 3.80. The maximum atomic E-state index is 13.8. The van der Waals surface area contributed by atoms with Crippen molar-refractivity contribution in [2.75, 3.05) is 19.9 Å². The molecule has 144 valence electrons. The van der Waals surface area contributed by atoms with Gasteiger partial charge in [0.2, 0.25) is 0 Å². The lowest BCUT2D eigenvalue weighted by atomic mass is 10.00. The number of aromatic nitrogens is 2. The Bertz CT molecular complexity index is 797. The van der Waals surface area contributed by atoms with Gasteiger partial charge in [0.05, 0.1) is 18.3 Å². The summed E-state index contributed by atoms with van der Waals surface area (Å²) in [4.78, 5) is 14.6. The number of ether oxygens (including phenoxy) is 2. The standard InChI is InChI=1S/C19H23FN4O3/c20-15-9-13(18-14(10-15)11-26-12-27-18)4-6-21-19(25)24-8-2-1-3-17(24)16-5-7-22-23-16/h5,7,9-10,17H,1-4,6,8,11-12H2,(H,21,25)(H,22,23). The number of urea groups is 1. The van der Waals surface area contributed by atoms with Gasteiger partial charge in [-0.2, -0.15) is 5.10 Å². The quantitative estimate of drug-likeness (QED) is 0.862. The zero-order valence-electron chi connectivity index (χ0n) is 15.0. The lowest BCUT2D eigenvalue weighted by Crippen LogP contribution is -2.45. The van der Waals surface area contributed by atoms with Crippen molar-refractivity contribution >= 4 is 6.03 Å². The summed E-state index contributed by atoms with van der Waals surface area (Å²) in [7, 11) is 0. The number of piperidine rings is 1. The molecule has 4 rings (SSSR count). The Morgan fingerprint density at radius 1 is 1.41 bits per heavy atom. The first kappa shape index (κ1) is 17.8. The fourth-order valence-electron chi connectivity index (χ4n) is 3.80. The minimum atomic E-state index is -0.320. The van der Waals surface area contributed by atoms with Gasteiger partial charge in [0, 0.05) is 24.8 Å². The van der Waals surface area contributed by atoms with Gasteiger partial charge in [-0.15, -0.1) is 0 Å². The second-order valence-electron chi connectivity index (χ2n) is 6.86. The smallest absolute Gasteiger partial charge is 0.317 e. The van der Waals surface area contributed by atoms with E-state index in [9.17, 15) is 9.18 Å². The van der Waals surface area contributed by atoms with Gasteiger partial charge in [0.1, 0.15) is 11.6 Å². The number of hydrogen-bond acceptors (Lipinski definition) is 4. The van der Waals surface area contributed by atoms with Crippen molar-refractivity contribution in [1.29, 1.82) is 0 Å². The van der Waals surface area contributed by atoms with Gasteiger partial charge in [0.15, 0.2) is 6.79 Å². The number of amides is 2. The van der Waals surface area contributed by atoms with E-state index in [1.54, 1.807) is 6.20 Å². The molecule has 7 nitrogen and oxygen atoms in total. The highest BCUT2D eigenvalue weighted by Gasteiger charge is 2.28. The Morgan fingerprint density at radius 3 is 3.19 bits per heavy atom. The van der Waals surface area contributed by atoms with Gasteiger partial charge >= 0.3 is 6.03 Å². The molecule has 2 aliphatic heterocycles. The van der Waals surface area contributed by atoms with Crippen LogP contribution in [-0.4, -0.2) is 41.0 Å². The Labute approximate surface area is 156 Å². The van der Waals surface area contributed by atoms with Gasteiger partial charge in [0.25, 0.3) is 0 Å². The van der Waals surface area contributed by atoms with Crippen LogP contribution in [0.25, 0.3) is 0 Å². The SMILES string of the molecule is O=C(NCCc1cc(F)cc2c1OCOC2)N1CCCCC1c1ccn[nH]1. The van der Waals surface area contributed by atoms with E-state index in [0.717, 1.165) is 30.5 Å². The van der Waals surface area contributed by atoms with Gasteiger partial charge < -0.3 is 19.7 Å². The first-order valence-corrected chi connectivity index (χ1v) is 9.28. The van der Waals surface area contributed by atoms with E-state index >= 15 is 0 Å². The summed E-state index contributed by atoms with van der Waals surface area (Å²) in [5.74, 6) is 0.352. The first-order valence-electron chi connectivity index (χ1n) is 9.28. The van der Waals surface area contributed by atoms with Gasteiger partial charge in [-0.3, -0.25) is 5.10 Å². The van der Waals surface area contributed by atoms with Crippen LogP contribution in [0.1, 0.15) is 42.1 Å². The number of benzene rings is 1. The molecule has 2 aromatic rings. The lowest BCUT2D eigenvalue weighted by Gasteiger charge is -2.35. The predicted molar refractivity (Wildman–Crippen MR) is 95.7 cm³/mol. The molecule has 1 aromatic carbocycles. The molecule has 0 bridgehead atoms. The van der Waals surface area contributed by atoms with Crippen LogP contribution in [0.3, 0.4) is 0 Å². The largest absolute Gasteiger partial charge is 0.467 e. The molecule has 1 unspecified atom stereocenters. The highest BCUT2D eigenvalue weighted by atomic mass is 19.1. The number of fused-ring (bicyclic) bond motifs is 1. The monoisotopic (exact) mass is 374 g/mol. The molecule has 27 heavy (non-hydrogen) atoms. The fraction of sp³-hybridized carbons (Fsp3) is 0.474. The summed E-state index contributed by atoms with van der Waals surface area (Å²) in [6.07, 6.45) is 5.19. The van der Waals surface area contributed by atoms with E-state index in [-0.39, 0.29) is 24.7 Å². The van der Waals surface area contributed by atoms with Crippen molar-refractivity contribution < 1.29 is 18.7 Å². The first-order chi connectivity index (χ1) is 13.2. The third-order valence-corrected chi connectivity index (χ3v) is 5.07. The summed E-state index contributed by atoms with van der Waals surface area (Å²) in [6, 6.07) is 4.71. The van der Waals surface area contributed by atoms with E-state index in [4.69, 9.17) is 9.47 Å². The number of carbonyl (C=O) groups is 1. The lowest BCUT2D eigenvalue weighted by molar-refractivity contribution is -0.0172. The van der Waals surface area contributed by atoms with Crippen LogP contribution in [0.2, 0.25) is 0 Å². The van der Waals surface area contributed by atoms with E-state index in [1.807, 2.05) is 11.0 Å². The number of halogens is 1. The highest BCUT2D eigenvalue weighted by Crippen LogP contribution is 2.31. The van der Waals surface area contributed by atoms with Crippen molar-refractivity contribution in [3.05, 3.63) is 47.0 Å². The number of carbonyl (C=O) groups excluding carboxylic acids is 1. The average Bonchev–Trinajstić information content (AvgIpc) is 3.22. The van der Waals surface area contributed by atoms with Crippen molar-refractivity contribution in [3.63, 3.8) is 0 Å². The number of likely N-dealkylation sites (tertiary alicyclic amines) is 1. The van der Waals surface area contributed by atoms with Gasteiger partial charge in [-0.1, -0.05) is 0 Å². The number of nitrogens with one attached hydrogen (secondary N) is 2. The molecule has 2 amide bonds. The molecule has 0 radical (unpaired) electrons. The van der Waals surface area contributed by atoms with Crippen molar-refractivity contribution in [3.8, 4) is 5.75 Å². The average molecular weight is 374 g/mol. The molecular formula is C19H23FN4O3. The van der Waals surface area contributed by atoms with Crippen LogP contribution in [-0.2, 0) is 17.8 Å². The number of aromatic amines is 1. The van der Waals surface area contributed by atoms with Crippen LogP contribution in [0, 0.1) is 5.82 Å². The minimum absolute atomic E-state index is 0.0173. The minimum Gasteiger partial charge on any atom is -0.467 e. The Balaban J connectivity index is 1.39. The van der Waals surface area contributed by atoms with Crippen LogP contribution in [0.4, 0.5) is 9.18 Å². The molecule has 0 aliphatic carbocycles. The number of H-pyrrole nitrogens is 1. The molecule has 1 fully saturated rings. The second kappa shape index (κ2) is 7.96. The normalized spacial score (nSPS) is 19.3. The Morgan fingerprint density at radius 2 is 2.33 bits per heavy atom. The predicted octanol–water partition coefficient (Wildman–Crippen LogP) is 2.89. The third-order valence-electron chi connectivity index (χ3n) is 5.07. The number of nitrogens with zero attached hydrogens (tertiary/aromatic N) is 2. The van der Waals surface area contributed by atoms with E-state index in [2.05, 4.69) is 15.5 Å². The molecule has 8 heteroatoms. The molecule has 2 aliphatic rings. The molecular weight excluding hydrogens is 351 g/mol. The molecule has 1 aromatic heterocycles. The van der Waals surface area contributed by atoms with Crippen LogP contribution >= 0.6 is 0 Å². The molecule has 0 saturated carbocycles. The summed E-state index contributed by atoms with van der Waals surface area (Å²) in [5.41, 5.74) is 2.41. The van der Waals surface area contributed by atoms with Crippen molar-refractivity contribution in [1.82, 2.24) is 20.4 Å². The number of hydrogen-bond donors (Lipinski definition) is 2. The van der Waals surface area contributed by atoms with Crippen LogP contribution in [0.5, 0.6) is 5.75 Å². The van der Waals surface area contributed by atoms with E-state index in [1.165, 1.54) is 12.1 Å². The Kier molecular flexibility index (Phi) is 5.24. The molecule has 2 N–H and O–H groups in total. The van der Waals surface area contributed by atoms with E-state index in [0.29, 0.717) is 37.4 Å². The van der Waals surface area contributed by atoms with Gasteiger partial charge in [-0.25, -0.2) is 9.18 Å². The maximum absolute atomic E-state index is 13.8. The van der Waals surface area contributed by atoms with Crippen LogP contribution in [0.15, 0.2) is 24.4 Å². The molecule has 1 atom stereocenters. The summed E-state index contributed by atoms with van der Waals surface area (Å²) < 4.78 is 24.6. The second-order valence-corrected chi connectivity index (χ2v) is 6.86. The van der Waals surface area contributed by atoms with E-state index < -0.39 is 0 Å². The molecule has 3 heterocycles. The van der Waals surface area contributed by atoms with Crippen LogP contribution < -0.4 is 10.1 Å².